The Morgan fingerprint density at radius 2 is 1.83 bits per heavy atom. The molecule has 0 bridgehead atoms. The first-order chi connectivity index (χ1) is 8.25. The van der Waals surface area contributed by atoms with Gasteiger partial charge in [-0.15, -0.1) is 0 Å². The second-order valence-corrected chi connectivity index (χ2v) is 6.83. The van der Waals surface area contributed by atoms with Crippen molar-refractivity contribution in [1.82, 2.24) is 0 Å². The predicted octanol–water partition coefficient (Wildman–Crippen LogP) is 3.56. The van der Waals surface area contributed by atoms with Crippen molar-refractivity contribution >= 4 is 5.97 Å². The Balaban J connectivity index is 2.73. The van der Waals surface area contributed by atoms with E-state index in [-0.39, 0.29) is 11.4 Å². The molecule has 18 heavy (non-hydrogen) atoms. The van der Waals surface area contributed by atoms with Crippen LogP contribution in [0.1, 0.15) is 60.3 Å². The Bertz CT molecular complexity index is 270. The fourth-order valence-electron chi connectivity index (χ4n) is 2.27. The van der Waals surface area contributed by atoms with Crippen LogP contribution in [0.15, 0.2) is 0 Å². The van der Waals surface area contributed by atoms with Crippen LogP contribution in [0.3, 0.4) is 0 Å². The molecule has 0 spiro atoms. The van der Waals surface area contributed by atoms with Gasteiger partial charge < -0.3 is 9.47 Å². The number of esters is 1. The second-order valence-electron chi connectivity index (χ2n) is 6.83. The third kappa shape index (κ3) is 4.60. The minimum Gasteiger partial charge on any atom is -0.460 e. The van der Waals surface area contributed by atoms with Crippen LogP contribution in [0.25, 0.3) is 0 Å². The van der Waals surface area contributed by atoms with E-state index >= 15 is 0 Å². The average Bonchev–Trinajstić information content (AvgIpc) is 2.25. The van der Waals surface area contributed by atoms with E-state index in [0.29, 0.717) is 19.1 Å². The summed E-state index contributed by atoms with van der Waals surface area (Å²) in [5.41, 5.74) is -0.712. The molecule has 0 N–H and O–H groups in total. The smallest absolute Gasteiger partial charge is 0.312 e. The SMILES string of the molecule is CC(C)CCC1(C(=O)OC(C)(C)C)CCOCC1. The van der Waals surface area contributed by atoms with Crippen molar-refractivity contribution < 1.29 is 14.3 Å². The maximum Gasteiger partial charge on any atom is 0.312 e. The summed E-state index contributed by atoms with van der Waals surface area (Å²) in [7, 11) is 0. The lowest BCUT2D eigenvalue weighted by atomic mass is 9.75. The Morgan fingerprint density at radius 1 is 1.28 bits per heavy atom. The highest BCUT2D eigenvalue weighted by Gasteiger charge is 2.42. The van der Waals surface area contributed by atoms with Crippen LogP contribution in [-0.2, 0) is 14.3 Å². The Morgan fingerprint density at radius 3 is 2.28 bits per heavy atom. The van der Waals surface area contributed by atoms with Crippen molar-refractivity contribution in [3.05, 3.63) is 0 Å². The molecular weight excluding hydrogens is 228 g/mol. The third-order valence-electron chi connectivity index (χ3n) is 3.48. The molecule has 3 heteroatoms. The molecule has 1 rings (SSSR count). The number of ether oxygens (including phenoxy) is 2. The molecule has 1 heterocycles. The molecule has 1 saturated heterocycles. The fraction of sp³-hybridized carbons (Fsp3) is 0.933. The third-order valence-corrected chi connectivity index (χ3v) is 3.48. The summed E-state index contributed by atoms with van der Waals surface area (Å²) in [6.45, 7) is 11.5. The van der Waals surface area contributed by atoms with Crippen molar-refractivity contribution in [3.8, 4) is 0 Å². The molecule has 0 aliphatic carbocycles. The molecule has 0 atom stereocenters. The van der Waals surface area contributed by atoms with Gasteiger partial charge in [0.1, 0.15) is 5.60 Å². The zero-order valence-electron chi connectivity index (χ0n) is 12.5. The molecule has 1 aliphatic heterocycles. The lowest BCUT2D eigenvalue weighted by molar-refractivity contribution is -0.174. The zero-order chi connectivity index (χ0) is 13.8. The molecular formula is C15H28O3. The lowest BCUT2D eigenvalue weighted by Crippen LogP contribution is -2.42. The van der Waals surface area contributed by atoms with E-state index in [1.54, 1.807) is 0 Å². The van der Waals surface area contributed by atoms with Gasteiger partial charge in [-0.25, -0.2) is 0 Å². The number of hydrogen-bond donors (Lipinski definition) is 0. The zero-order valence-corrected chi connectivity index (χ0v) is 12.5. The molecule has 0 radical (unpaired) electrons. The average molecular weight is 256 g/mol. The number of rotatable bonds is 4. The number of carbonyl (C=O) groups is 1. The second kappa shape index (κ2) is 6.05. The van der Waals surface area contributed by atoms with Gasteiger partial charge in [-0.1, -0.05) is 13.8 Å². The predicted molar refractivity (Wildman–Crippen MR) is 72.4 cm³/mol. The maximum atomic E-state index is 12.5. The van der Waals surface area contributed by atoms with E-state index in [1.807, 2.05) is 20.8 Å². The van der Waals surface area contributed by atoms with Gasteiger partial charge in [0.05, 0.1) is 5.41 Å². The van der Waals surface area contributed by atoms with Crippen molar-refractivity contribution in [3.63, 3.8) is 0 Å². The quantitative estimate of drug-likeness (QED) is 0.721. The highest BCUT2D eigenvalue weighted by molar-refractivity contribution is 5.77. The Labute approximate surface area is 111 Å². The first kappa shape index (κ1) is 15.5. The van der Waals surface area contributed by atoms with Crippen molar-refractivity contribution in [1.29, 1.82) is 0 Å². The van der Waals surface area contributed by atoms with E-state index in [1.165, 1.54) is 0 Å². The molecule has 106 valence electrons. The monoisotopic (exact) mass is 256 g/mol. The van der Waals surface area contributed by atoms with E-state index in [4.69, 9.17) is 9.47 Å². The Hall–Kier alpha value is -0.570. The minimum absolute atomic E-state index is 0.0287. The van der Waals surface area contributed by atoms with Gasteiger partial charge in [-0.3, -0.25) is 4.79 Å². The molecule has 0 saturated carbocycles. The molecule has 0 unspecified atom stereocenters. The molecule has 3 nitrogen and oxygen atoms in total. The van der Waals surface area contributed by atoms with Gasteiger partial charge in [0, 0.05) is 13.2 Å². The van der Waals surface area contributed by atoms with Crippen LogP contribution >= 0.6 is 0 Å². The van der Waals surface area contributed by atoms with E-state index < -0.39 is 5.60 Å². The van der Waals surface area contributed by atoms with Crippen molar-refractivity contribution in [2.45, 2.75) is 65.9 Å². The number of carbonyl (C=O) groups excluding carboxylic acids is 1. The topological polar surface area (TPSA) is 35.5 Å². The summed E-state index contributed by atoms with van der Waals surface area (Å²) in [5.74, 6) is 0.589. The fourth-order valence-corrected chi connectivity index (χ4v) is 2.27. The van der Waals surface area contributed by atoms with Crippen molar-refractivity contribution in [2.75, 3.05) is 13.2 Å². The molecule has 0 aromatic rings. The van der Waals surface area contributed by atoms with Crippen LogP contribution < -0.4 is 0 Å². The van der Waals surface area contributed by atoms with Gasteiger partial charge in [-0.05, 0) is 52.4 Å². The van der Waals surface area contributed by atoms with Gasteiger partial charge in [0.2, 0.25) is 0 Å². The highest BCUT2D eigenvalue weighted by atomic mass is 16.6. The molecule has 1 aliphatic rings. The van der Waals surface area contributed by atoms with Gasteiger partial charge in [-0.2, -0.15) is 0 Å². The van der Waals surface area contributed by atoms with Crippen LogP contribution in [0.4, 0.5) is 0 Å². The first-order valence-electron chi connectivity index (χ1n) is 7.06. The normalized spacial score (nSPS) is 19.9. The molecule has 0 aromatic heterocycles. The van der Waals surface area contributed by atoms with Crippen LogP contribution in [0.2, 0.25) is 0 Å². The van der Waals surface area contributed by atoms with Crippen LogP contribution in [-0.4, -0.2) is 24.8 Å². The minimum atomic E-state index is -0.403. The van der Waals surface area contributed by atoms with E-state index in [0.717, 1.165) is 25.7 Å². The molecule has 1 fully saturated rings. The van der Waals surface area contributed by atoms with Gasteiger partial charge in [0.25, 0.3) is 0 Å². The standard InChI is InChI=1S/C15H28O3/c1-12(2)6-7-15(8-10-17-11-9-15)13(16)18-14(3,4)5/h12H,6-11H2,1-5H3. The van der Waals surface area contributed by atoms with E-state index in [2.05, 4.69) is 13.8 Å². The lowest BCUT2D eigenvalue weighted by Gasteiger charge is -2.37. The van der Waals surface area contributed by atoms with Crippen molar-refractivity contribution in [2.24, 2.45) is 11.3 Å². The summed E-state index contributed by atoms with van der Waals surface area (Å²) in [6, 6.07) is 0. The highest BCUT2D eigenvalue weighted by Crippen LogP contribution is 2.38. The largest absolute Gasteiger partial charge is 0.460 e. The number of hydrogen-bond acceptors (Lipinski definition) is 3. The molecule has 0 aromatic carbocycles. The first-order valence-corrected chi connectivity index (χ1v) is 7.06. The summed E-state index contributed by atoms with van der Waals surface area (Å²) in [6.07, 6.45) is 3.59. The Kier molecular flexibility index (Phi) is 5.20. The molecule has 0 amide bonds. The maximum absolute atomic E-state index is 12.5. The summed E-state index contributed by atoms with van der Waals surface area (Å²) >= 11 is 0. The summed E-state index contributed by atoms with van der Waals surface area (Å²) in [5, 5.41) is 0. The van der Waals surface area contributed by atoms with E-state index in [9.17, 15) is 4.79 Å². The van der Waals surface area contributed by atoms with Crippen LogP contribution in [0, 0.1) is 11.3 Å². The summed E-state index contributed by atoms with van der Waals surface area (Å²) in [4.78, 5) is 12.5. The summed E-state index contributed by atoms with van der Waals surface area (Å²) < 4.78 is 11.0. The van der Waals surface area contributed by atoms with Gasteiger partial charge >= 0.3 is 5.97 Å². The van der Waals surface area contributed by atoms with Gasteiger partial charge in [0.15, 0.2) is 0 Å². The van der Waals surface area contributed by atoms with Crippen LogP contribution in [0.5, 0.6) is 0 Å².